The first kappa shape index (κ1) is 10.7. The van der Waals surface area contributed by atoms with E-state index in [2.05, 4.69) is 21.0 Å². The van der Waals surface area contributed by atoms with Crippen molar-refractivity contribution in [3.63, 3.8) is 0 Å². The zero-order valence-electron chi connectivity index (χ0n) is 8.24. The van der Waals surface area contributed by atoms with E-state index in [9.17, 15) is 0 Å². The molecule has 2 aromatic rings. The highest BCUT2D eigenvalue weighted by Gasteiger charge is 2.06. The molecule has 0 aliphatic rings. The fraction of sp³-hybridized carbons (Fsp3) is 0.182. The summed E-state index contributed by atoms with van der Waals surface area (Å²) in [5, 5.41) is 5.93. The summed E-state index contributed by atoms with van der Waals surface area (Å²) in [6, 6.07) is 7.67. The second kappa shape index (κ2) is 4.37. The van der Waals surface area contributed by atoms with E-state index < -0.39 is 0 Å². The molecule has 4 heteroatoms. The molecule has 0 amide bonds. The SMILES string of the molecule is Cc1nn(-c2ccccc2Cl)cc1CBr. The van der Waals surface area contributed by atoms with Gasteiger partial charge in [0.25, 0.3) is 0 Å². The standard InChI is InChI=1S/C11H10BrClN2/c1-8-9(6-12)7-15(14-8)11-5-3-2-4-10(11)13/h2-5,7H,6H2,1H3. The Labute approximate surface area is 102 Å². The molecule has 0 saturated carbocycles. The molecule has 0 bridgehead atoms. The van der Waals surface area contributed by atoms with E-state index in [1.165, 1.54) is 5.56 Å². The van der Waals surface area contributed by atoms with Crippen molar-refractivity contribution in [2.45, 2.75) is 12.3 Å². The van der Waals surface area contributed by atoms with Crippen LogP contribution in [0.1, 0.15) is 11.3 Å². The molecule has 0 atom stereocenters. The molecule has 1 aromatic carbocycles. The Morgan fingerprint density at radius 3 is 2.73 bits per heavy atom. The smallest absolute Gasteiger partial charge is 0.0831 e. The number of halogens is 2. The summed E-state index contributed by atoms with van der Waals surface area (Å²) in [7, 11) is 0. The highest BCUT2D eigenvalue weighted by molar-refractivity contribution is 9.08. The minimum absolute atomic E-state index is 0.709. The maximum atomic E-state index is 6.09. The quantitative estimate of drug-likeness (QED) is 0.769. The lowest BCUT2D eigenvalue weighted by Gasteiger charge is -2.02. The lowest BCUT2D eigenvalue weighted by Crippen LogP contribution is -1.95. The van der Waals surface area contributed by atoms with Gasteiger partial charge in [-0.2, -0.15) is 5.10 Å². The van der Waals surface area contributed by atoms with Crippen molar-refractivity contribution in [3.8, 4) is 5.69 Å². The number of para-hydroxylation sites is 1. The fourth-order valence-corrected chi connectivity index (χ4v) is 2.16. The number of aryl methyl sites for hydroxylation is 1. The number of nitrogens with zero attached hydrogens (tertiary/aromatic N) is 2. The van der Waals surface area contributed by atoms with Crippen molar-refractivity contribution < 1.29 is 0 Å². The largest absolute Gasteiger partial charge is 0.239 e. The maximum absolute atomic E-state index is 6.09. The zero-order valence-corrected chi connectivity index (χ0v) is 10.6. The van der Waals surface area contributed by atoms with E-state index in [4.69, 9.17) is 11.6 Å². The third-order valence-corrected chi connectivity index (χ3v) is 3.17. The number of rotatable bonds is 2. The Bertz CT molecular complexity index is 479. The first-order valence-electron chi connectivity index (χ1n) is 4.58. The van der Waals surface area contributed by atoms with E-state index in [0.717, 1.165) is 16.7 Å². The Morgan fingerprint density at radius 2 is 2.13 bits per heavy atom. The van der Waals surface area contributed by atoms with E-state index in [0.29, 0.717) is 5.02 Å². The van der Waals surface area contributed by atoms with Crippen LogP contribution in [0, 0.1) is 6.92 Å². The topological polar surface area (TPSA) is 17.8 Å². The van der Waals surface area contributed by atoms with Gasteiger partial charge in [0.05, 0.1) is 16.4 Å². The third kappa shape index (κ3) is 2.08. The average Bonchev–Trinajstić information content (AvgIpc) is 2.60. The van der Waals surface area contributed by atoms with Gasteiger partial charge in [0.15, 0.2) is 0 Å². The first-order chi connectivity index (χ1) is 7.22. The zero-order chi connectivity index (χ0) is 10.8. The van der Waals surface area contributed by atoms with Crippen LogP contribution in [0.25, 0.3) is 5.69 Å². The van der Waals surface area contributed by atoms with E-state index >= 15 is 0 Å². The summed E-state index contributed by atoms with van der Waals surface area (Å²) < 4.78 is 1.81. The number of hydrogen-bond acceptors (Lipinski definition) is 1. The molecule has 0 unspecified atom stereocenters. The highest BCUT2D eigenvalue weighted by Crippen LogP contribution is 2.21. The van der Waals surface area contributed by atoms with Crippen LogP contribution in [0.2, 0.25) is 5.02 Å². The molecule has 0 aliphatic carbocycles. The van der Waals surface area contributed by atoms with Crippen molar-refractivity contribution in [2.75, 3.05) is 0 Å². The molecular weight excluding hydrogens is 275 g/mol. The van der Waals surface area contributed by atoms with Gasteiger partial charge in [-0.25, -0.2) is 4.68 Å². The van der Waals surface area contributed by atoms with Gasteiger partial charge in [-0.05, 0) is 19.1 Å². The molecule has 0 fully saturated rings. The highest BCUT2D eigenvalue weighted by atomic mass is 79.9. The molecule has 15 heavy (non-hydrogen) atoms. The van der Waals surface area contributed by atoms with Crippen LogP contribution in [0.5, 0.6) is 0 Å². The molecule has 0 radical (unpaired) electrons. The summed E-state index contributed by atoms with van der Waals surface area (Å²) in [6.45, 7) is 1.99. The first-order valence-corrected chi connectivity index (χ1v) is 6.08. The summed E-state index contributed by atoms with van der Waals surface area (Å²) in [4.78, 5) is 0. The molecule has 78 valence electrons. The lowest BCUT2D eigenvalue weighted by atomic mass is 10.3. The Morgan fingerprint density at radius 1 is 1.40 bits per heavy atom. The second-order valence-electron chi connectivity index (χ2n) is 3.27. The molecular formula is C11H10BrClN2. The molecule has 1 heterocycles. The van der Waals surface area contributed by atoms with Gasteiger partial charge in [0.1, 0.15) is 0 Å². The minimum atomic E-state index is 0.709. The maximum Gasteiger partial charge on any atom is 0.0831 e. The average molecular weight is 286 g/mol. The number of aromatic nitrogens is 2. The van der Waals surface area contributed by atoms with Crippen LogP contribution in [0.3, 0.4) is 0 Å². The molecule has 0 aliphatic heterocycles. The van der Waals surface area contributed by atoms with Gasteiger partial charge >= 0.3 is 0 Å². The van der Waals surface area contributed by atoms with E-state index in [1.807, 2.05) is 42.1 Å². The molecule has 0 N–H and O–H groups in total. The number of benzene rings is 1. The minimum Gasteiger partial charge on any atom is -0.239 e. The Hall–Kier alpha value is -0.800. The van der Waals surface area contributed by atoms with Crippen molar-refractivity contribution in [1.29, 1.82) is 0 Å². The molecule has 1 aromatic heterocycles. The summed E-state index contributed by atoms with van der Waals surface area (Å²) in [6.07, 6.45) is 1.99. The molecule has 0 spiro atoms. The predicted octanol–water partition coefficient (Wildman–Crippen LogP) is 3.73. The van der Waals surface area contributed by atoms with Crippen LogP contribution in [-0.4, -0.2) is 9.78 Å². The van der Waals surface area contributed by atoms with Gasteiger partial charge in [0, 0.05) is 17.1 Å². The molecule has 2 rings (SSSR count). The summed E-state index contributed by atoms with van der Waals surface area (Å²) in [5.41, 5.74) is 3.11. The predicted molar refractivity (Wildman–Crippen MR) is 65.9 cm³/mol. The summed E-state index contributed by atoms with van der Waals surface area (Å²) in [5.74, 6) is 0. The van der Waals surface area contributed by atoms with Crippen LogP contribution in [-0.2, 0) is 5.33 Å². The number of alkyl halides is 1. The van der Waals surface area contributed by atoms with Gasteiger partial charge in [0.2, 0.25) is 0 Å². The third-order valence-electron chi connectivity index (χ3n) is 2.24. The second-order valence-corrected chi connectivity index (χ2v) is 4.24. The van der Waals surface area contributed by atoms with E-state index in [1.54, 1.807) is 0 Å². The Kier molecular flexibility index (Phi) is 3.12. The van der Waals surface area contributed by atoms with Crippen molar-refractivity contribution >= 4 is 27.5 Å². The van der Waals surface area contributed by atoms with E-state index in [-0.39, 0.29) is 0 Å². The molecule has 0 saturated heterocycles. The van der Waals surface area contributed by atoms with Gasteiger partial charge in [-0.3, -0.25) is 0 Å². The number of hydrogen-bond donors (Lipinski definition) is 0. The van der Waals surface area contributed by atoms with Crippen molar-refractivity contribution in [3.05, 3.63) is 46.7 Å². The van der Waals surface area contributed by atoms with Crippen molar-refractivity contribution in [2.24, 2.45) is 0 Å². The van der Waals surface area contributed by atoms with Crippen LogP contribution in [0.15, 0.2) is 30.5 Å². The monoisotopic (exact) mass is 284 g/mol. The summed E-state index contributed by atoms with van der Waals surface area (Å²) >= 11 is 9.52. The van der Waals surface area contributed by atoms with Crippen LogP contribution >= 0.6 is 27.5 Å². The van der Waals surface area contributed by atoms with Crippen LogP contribution < -0.4 is 0 Å². The van der Waals surface area contributed by atoms with Crippen molar-refractivity contribution in [1.82, 2.24) is 9.78 Å². The lowest BCUT2D eigenvalue weighted by molar-refractivity contribution is 0.863. The van der Waals surface area contributed by atoms with Gasteiger partial charge in [-0.1, -0.05) is 39.7 Å². The van der Waals surface area contributed by atoms with Gasteiger partial charge in [-0.15, -0.1) is 0 Å². The molecule has 2 nitrogen and oxygen atoms in total. The fourth-order valence-electron chi connectivity index (χ4n) is 1.39. The Balaban J connectivity index is 2.50. The van der Waals surface area contributed by atoms with Crippen LogP contribution in [0.4, 0.5) is 0 Å². The normalized spacial score (nSPS) is 10.6. The van der Waals surface area contributed by atoms with Gasteiger partial charge < -0.3 is 0 Å².